The second-order valence-electron chi connectivity index (χ2n) is 5.33. The number of aromatic nitrogens is 2. The Morgan fingerprint density at radius 3 is 3.28 bits per heavy atom. The fraction of sp³-hybridized carbons (Fsp3) is 0.692. The summed E-state index contributed by atoms with van der Waals surface area (Å²) >= 11 is 0. The van der Waals surface area contributed by atoms with E-state index in [2.05, 4.69) is 17.1 Å². The lowest BCUT2D eigenvalue weighted by Gasteiger charge is -2.30. The highest BCUT2D eigenvalue weighted by Gasteiger charge is 2.28. The largest absolute Gasteiger partial charge is 0.376 e. The fourth-order valence-electron chi connectivity index (χ4n) is 2.81. The topological polar surface area (TPSA) is 58.2 Å². The minimum Gasteiger partial charge on any atom is -0.376 e. The standard InChI is InChI=1S/C13H19N3O2/c1-9-3-2-5-16(7-9)13(17)12-10-8-18-6-4-11(10)14-15-12/h9H,2-8H2,1H3,(H,14,15). The van der Waals surface area contributed by atoms with Crippen molar-refractivity contribution in [1.29, 1.82) is 0 Å². The third-order valence-corrected chi connectivity index (χ3v) is 3.84. The van der Waals surface area contributed by atoms with Crippen molar-refractivity contribution in [3.63, 3.8) is 0 Å². The quantitative estimate of drug-likeness (QED) is 0.817. The first-order valence-electron chi connectivity index (χ1n) is 6.69. The van der Waals surface area contributed by atoms with Crippen LogP contribution in [0.2, 0.25) is 0 Å². The van der Waals surface area contributed by atoms with Crippen molar-refractivity contribution in [3.8, 4) is 0 Å². The number of rotatable bonds is 1. The van der Waals surface area contributed by atoms with Gasteiger partial charge >= 0.3 is 0 Å². The fourth-order valence-corrected chi connectivity index (χ4v) is 2.81. The second-order valence-corrected chi connectivity index (χ2v) is 5.33. The molecule has 1 N–H and O–H groups in total. The van der Waals surface area contributed by atoms with Crippen molar-refractivity contribution in [2.75, 3.05) is 19.7 Å². The van der Waals surface area contributed by atoms with Crippen LogP contribution in [0.4, 0.5) is 0 Å². The molecule has 0 radical (unpaired) electrons. The zero-order chi connectivity index (χ0) is 12.5. The van der Waals surface area contributed by atoms with Crippen LogP contribution < -0.4 is 0 Å². The number of hydrogen-bond donors (Lipinski definition) is 1. The van der Waals surface area contributed by atoms with Crippen LogP contribution in [-0.2, 0) is 17.8 Å². The summed E-state index contributed by atoms with van der Waals surface area (Å²) in [6.45, 7) is 5.12. The van der Waals surface area contributed by atoms with Gasteiger partial charge in [0.05, 0.1) is 13.2 Å². The average molecular weight is 249 g/mol. The van der Waals surface area contributed by atoms with E-state index >= 15 is 0 Å². The van der Waals surface area contributed by atoms with Gasteiger partial charge in [-0.3, -0.25) is 9.89 Å². The number of amides is 1. The van der Waals surface area contributed by atoms with Gasteiger partial charge in [0.25, 0.3) is 5.91 Å². The van der Waals surface area contributed by atoms with Crippen molar-refractivity contribution < 1.29 is 9.53 Å². The first-order valence-corrected chi connectivity index (χ1v) is 6.69. The maximum absolute atomic E-state index is 12.5. The number of nitrogens with one attached hydrogen (secondary N) is 1. The molecular formula is C13H19N3O2. The SMILES string of the molecule is CC1CCCN(C(=O)c2n[nH]c3c2COCC3)C1. The van der Waals surface area contributed by atoms with Gasteiger partial charge in [0.2, 0.25) is 0 Å². The Balaban J connectivity index is 1.81. The Kier molecular flexibility index (Phi) is 3.07. The molecule has 1 fully saturated rings. The van der Waals surface area contributed by atoms with Crippen molar-refractivity contribution in [3.05, 3.63) is 17.0 Å². The summed E-state index contributed by atoms with van der Waals surface area (Å²) in [4.78, 5) is 14.4. The minimum absolute atomic E-state index is 0.0598. The summed E-state index contributed by atoms with van der Waals surface area (Å²) in [5.41, 5.74) is 2.60. The summed E-state index contributed by atoms with van der Waals surface area (Å²) in [6, 6.07) is 0. The summed E-state index contributed by atoms with van der Waals surface area (Å²) in [5.74, 6) is 0.651. The number of nitrogens with zero attached hydrogens (tertiary/aromatic N) is 2. The zero-order valence-electron chi connectivity index (χ0n) is 10.7. The van der Waals surface area contributed by atoms with E-state index in [1.54, 1.807) is 0 Å². The Bertz CT molecular complexity index is 455. The molecule has 5 nitrogen and oxygen atoms in total. The minimum atomic E-state index is 0.0598. The third kappa shape index (κ3) is 2.03. The van der Waals surface area contributed by atoms with Gasteiger partial charge in [-0.2, -0.15) is 5.10 Å². The molecule has 3 heterocycles. The van der Waals surface area contributed by atoms with E-state index < -0.39 is 0 Å². The van der Waals surface area contributed by atoms with Crippen molar-refractivity contribution in [1.82, 2.24) is 15.1 Å². The molecule has 1 unspecified atom stereocenters. The van der Waals surface area contributed by atoms with E-state index in [1.165, 1.54) is 6.42 Å². The number of likely N-dealkylation sites (tertiary alicyclic amines) is 1. The van der Waals surface area contributed by atoms with Crippen LogP contribution in [-0.4, -0.2) is 40.7 Å². The van der Waals surface area contributed by atoms with Crippen LogP contribution >= 0.6 is 0 Å². The molecule has 3 rings (SSSR count). The highest BCUT2D eigenvalue weighted by atomic mass is 16.5. The van der Waals surface area contributed by atoms with Crippen molar-refractivity contribution >= 4 is 5.91 Å². The summed E-state index contributed by atoms with van der Waals surface area (Å²) in [6.07, 6.45) is 3.13. The van der Waals surface area contributed by atoms with E-state index in [0.717, 1.165) is 37.2 Å². The molecule has 2 aliphatic rings. The maximum atomic E-state index is 12.5. The van der Waals surface area contributed by atoms with Crippen LogP contribution in [0, 0.1) is 5.92 Å². The maximum Gasteiger partial charge on any atom is 0.274 e. The summed E-state index contributed by atoms with van der Waals surface area (Å²) < 4.78 is 5.42. The molecule has 98 valence electrons. The molecule has 0 spiro atoms. The average Bonchev–Trinajstić information content (AvgIpc) is 2.82. The molecule has 1 amide bonds. The van der Waals surface area contributed by atoms with E-state index in [1.807, 2.05) is 4.90 Å². The first kappa shape index (κ1) is 11.7. The van der Waals surface area contributed by atoms with Crippen LogP contribution in [0.25, 0.3) is 0 Å². The predicted octanol–water partition coefficient (Wildman–Crippen LogP) is 1.35. The lowest BCUT2D eigenvalue weighted by Crippen LogP contribution is -2.39. The van der Waals surface area contributed by atoms with Crippen LogP contribution in [0.15, 0.2) is 0 Å². The Morgan fingerprint density at radius 2 is 2.44 bits per heavy atom. The van der Waals surface area contributed by atoms with Gasteiger partial charge in [0.15, 0.2) is 5.69 Å². The molecule has 18 heavy (non-hydrogen) atoms. The molecule has 0 aromatic carbocycles. The van der Waals surface area contributed by atoms with Crippen LogP contribution in [0.5, 0.6) is 0 Å². The lowest BCUT2D eigenvalue weighted by molar-refractivity contribution is 0.0665. The van der Waals surface area contributed by atoms with Gasteiger partial charge in [-0.15, -0.1) is 0 Å². The predicted molar refractivity (Wildman–Crippen MR) is 66.2 cm³/mol. The van der Waals surface area contributed by atoms with E-state index in [-0.39, 0.29) is 5.91 Å². The zero-order valence-corrected chi connectivity index (χ0v) is 10.7. The molecule has 5 heteroatoms. The molecule has 1 aromatic heterocycles. The molecular weight excluding hydrogens is 230 g/mol. The van der Waals surface area contributed by atoms with Gasteiger partial charge < -0.3 is 9.64 Å². The van der Waals surface area contributed by atoms with Gasteiger partial charge in [0.1, 0.15) is 0 Å². The molecule has 0 aliphatic carbocycles. The van der Waals surface area contributed by atoms with Gasteiger partial charge in [-0.25, -0.2) is 0 Å². The number of carbonyl (C=O) groups excluding carboxylic acids is 1. The normalized spacial score (nSPS) is 23.8. The number of hydrogen-bond acceptors (Lipinski definition) is 3. The van der Waals surface area contributed by atoms with Gasteiger partial charge in [-0.05, 0) is 18.8 Å². The summed E-state index contributed by atoms with van der Waals surface area (Å²) in [5, 5.41) is 7.18. The number of fused-ring (bicyclic) bond motifs is 1. The van der Waals surface area contributed by atoms with Crippen LogP contribution in [0.1, 0.15) is 41.5 Å². The smallest absolute Gasteiger partial charge is 0.274 e. The molecule has 1 aromatic rings. The van der Waals surface area contributed by atoms with Crippen molar-refractivity contribution in [2.45, 2.75) is 32.8 Å². The van der Waals surface area contributed by atoms with Gasteiger partial charge in [-0.1, -0.05) is 6.92 Å². The highest BCUT2D eigenvalue weighted by Crippen LogP contribution is 2.22. The number of carbonyl (C=O) groups is 1. The molecule has 0 bridgehead atoms. The van der Waals surface area contributed by atoms with E-state index in [4.69, 9.17) is 4.74 Å². The van der Waals surface area contributed by atoms with Crippen LogP contribution in [0.3, 0.4) is 0 Å². The first-order chi connectivity index (χ1) is 8.75. The molecule has 0 saturated carbocycles. The monoisotopic (exact) mass is 249 g/mol. The number of H-pyrrole nitrogens is 1. The summed E-state index contributed by atoms with van der Waals surface area (Å²) in [7, 11) is 0. The highest BCUT2D eigenvalue weighted by molar-refractivity contribution is 5.94. The Morgan fingerprint density at radius 1 is 1.56 bits per heavy atom. The Hall–Kier alpha value is -1.36. The Labute approximate surface area is 107 Å². The molecule has 1 saturated heterocycles. The lowest BCUT2D eigenvalue weighted by atomic mass is 9.99. The second kappa shape index (κ2) is 4.72. The number of piperidine rings is 1. The number of aromatic amines is 1. The third-order valence-electron chi connectivity index (χ3n) is 3.84. The number of ether oxygens (including phenoxy) is 1. The molecule has 2 aliphatic heterocycles. The van der Waals surface area contributed by atoms with E-state index in [9.17, 15) is 4.79 Å². The van der Waals surface area contributed by atoms with Gasteiger partial charge in [0, 0.05) is 30.8 Å². The van der Waals surface area contributed by atoms with Crippen molar-refractivity contribution in [2.24, 2.45) is 5.92 Å². The molecule has 1 atom stereocenters. The van der Waals surface area contributed by atoms with E-state index in [0.29, 0.717) is 24.8 Å².